The molecule has 0 saturated carbocycles. The van der Waals surface area contributed by atoms with Gasteiger partial charge < -0.3 is 24.0 Å². The highest BCUT2D eigenvalue weighted by Gasteiger charge is 2.36. The van der Waals surface area contributed by atoms with E-state index in [9.17, 15) is 14.0 Å². The number of ether oxygens (including phenoxy) is 3. The number of benzene rings is 2. The highest BCUT2D eigenvalue weighted by molar-refractivity contribution is 6.00. The lowest BCUT2D eigenvalue weighted by Crippen LogP contribution is -2.37. The number of carbonyl (C=O) groups is 2. The topological polar surface area (TPSA) is 68.3 Å². The molecule has 1 fully saturated rings. The Hall–Kier alpha value is -3.29. The Morgan fingerprint density at radius 1 is 1.20 bits per heavy atom. The molecular formula is C22H23FN2O5. The van der Waals surface area contributed by atoms with Crippen molar-refractivity contribution in [1.29, 1.82) is 0 Å². The van der Waals surface area contributed by atoms with Crippen LogP contribution in [-0.2, 0) is 9.59 Å². The van der Waals surface area contributed by atoms with Crippen molar-refractivity contribution in [2.75, 3.05) is 44.9 Å². The summed E-state index contributed by atoms with van der Waals surface area (Å²) in [5.41, 5.74) is 0.685. The highest BCUT2D eigenvalue weighted by Crippen LogP contribution is 2.36. The molecule has 2 aliphatic heterocycles. The Morgan fingerprint density at radius 2 is 1.97 bits per heavy atom. The molecule has 1 saturated heterocycles. The molecule has 8 heteroatoms. The summed E-state index contributed by atoms with van der Waals surface area (Å²) < 4.78 is 30.1. The van der Waals surface area contributed by atoms with Gasteiger partial charge in [-0.1, -0.05) is 12.1 Å². The van der Waals surface area contributed by atoms with Crippen LogP contribution in [0.4, 0.5) is 10.1 Å². The average Bonchev–Trinajstić information content (AvgIpc) is 3.15. The first kappa shape index (κ1) is 20.0. The lowest BCUT2D eigenvalue weighted by molar-refractivity contribution is -0.134. The number of likely N-dealkylation sites (N-methyl/N-ethyl adjacent to an activating group) is 1. The van der Waals surface area contributed by atoms with Crippen molar-refractivity contribution in [2.45, 2.75) is 6.42 Å². The minimum absolute atomic E-state index is 0.110. The first-order chi connectivity index (χ1) is 14.5. The number of halogens is 1. The smallest absolute Gasteiger partial charge is 0.227 e. The second kappa shape index (κ2) is 8.61. The number of amides is 2. The Kier molecular flexibility index (Phi) is 5.74. The van der Waals surface area contributed by atoms with Gasteiger partial charge in [0.2, 0.25) is 11.8 Å². The SMILES string of the molecule is CN(CCOc1ccccc1F)C(=O)C1CC(=O)N(c2ccc3c(c2)OCCO3)C1. The number of hydrogen-bond acceptors (Lipinski definition) is 5. The predicted octanol–water partition coefficient (Wildman–Crippen LogP) is 2.49. The van der Waals surface area contributed by atoms with E-state index in [4.69, 9.17) is 14.2 Å². The van der Waals surface area contributed by atoms with Crippen LogP contribution < -0.4 is 19.1 Å². The van der Waals surface area contributed by atoms with E-state index in [-0.39, 0.29) is 30.6 Å². The Morgan fingerprint density at radius 3 is 2.77 bits per heavy atom. The second-order valence-electron chi connectivity index (χ2n) is 7.27. The molecule has 2 aromatic carbocycles. The first-order valence-corrected chi connectivity index (χ1v) is 9.85. The molecule has 1 unspecified atom stereocenters. The molecular weight excluding hydrogens is 391 g/mol. The van der Waals surface area contributed by atoms with Gasteiger partial charge in [0.1, 0.15) is 19.8 Å². The molecule has 30 heavy (non-hydrogen) atoms. The summed E-state index contributed by atoms with van der Waals surface area (Å²) in [5, 5.41) is 0. The molecule has 158 valence electrons. The van der Waals surface area contributed by atoms with Crippen LogP contribution in [0.15, 0.2) is 42.5 Å². The molecule has 1 atom stereocenters. The van der Waals surface area contributed by atoms with Crippen molar-refractivity contribution in [2.24, 2.45) is 5.92 Å². The maximum Gasteiger partial charge on any atom is 0.227 e. The van der Waals surface area contributed by atoms with Crippen molar-refractivity contribution < 1.29 is 28.2 Å². The third-order valence-electron chi connectivity index (χ3n) is 5.21. The fourth-order valence-corrected chi connectivity index (χ4v) is 3.60. The van der Waals surface area contributed by atoms with E-state index in [0.717, 1.165) is 0 Å². The summed E-state index contributed by atoms with van der Waals surface area (Å²) in [7, 11) is 1.66. The van der Waals surface area contributed by atoms with Crippen LogP contribution in [0, 0.1) is 11.7 Å². The molecule has 0 radical (unpaired) electrons. The summed E-state index contributed by atoms with van der Waals surface area (Å²) in [5.74, 6) is 0.274. The molecule has 2 aliphatic rings. The zero-order chi connectivity index (χ0) is 21.1. The quantitative estimate of drug-likeness (QED) is 0.727. The monoisotopic (exact) mass is 414 g/mol. The summed E-state index contributed by atoms with van der Waals surface area (Å²) in [4.78, 5) is 28.4. The van der Waals surface area contributed by atoms with Crippen LogP contribution >= 0.6 is 0 Å². The number of carbonyl (C=O) groups excluding carboxylic acids is 2. The highest BCUT2D eigenvalue weighted by atomic mass is 19.1. The van der Waals surface area contributed by atoms with Gasteiger partial charge in [-0.15, -0.1) is 0 Å². The lowest BCUT2D eigenvalue weighted by atomic mass is 10.1. The van der Waals surface area contributed by atoms with Crippen molar-refractivity contribution >= 4 is 17.5 Å². The van der Waals surface area contributed by atoms with E-state index in [2.05, 4.69) is 0 Å². The van der Waals surface area contributed by atoms with Gasteiger partial charge in [-0.3, -0.25) is 9.59 Å². The number of anilines is 1. The van der Waals surface area contributed by atoms with Crippen LogP contribution in [0.5, 0.6) is 17.2 Å². The largest absolute Gasteiger partial charge is 0.489 e. The number of fused-ring (bicyclic) bond motifs is 1. The van der Waals surface area contributed by atoms with Gasteiger partial charge in [-0.05, 0) is 24.3 Å². The molecule has 0 bridgehead atoms. The minimum Gasteiger partial charge on any atom is -0.489 e. The number of para-hydroxylation sites is 1. The lowest BCUT2D eigenvalue weighted by Gasteiger charge is -2.23. The van der Waals surface area contributed by atoms with Gasteiger partial charge in [0.15, 0.2) is 23.1 Å². The van der Waals surface area contributed by atoms with Gasteiger partial charge in [0.25, 0.3) is 0 Å². The fraction of sp³-hybridized carbons (Fsp3) is 0.364. The Balaban J connectivity index is 1.34. The second-order valence-corrected chi connectivity index (χ2v) is 7.27. The zero-order valence-corrected chi connectivity index (χ0v) is 16.7. The average molecular weight is 414 g/mol. The summed E-state index contributed by atoms with van der Waals surface area (Å²) in [6.07, 6.45) is 0.145. The molecule has 4 rings (SSSR count). The Bertz CT molecular complexity index is 951. The van der Waals surface area contributed by atoms with Crippen LogP contribution in [0.1, 0.15) is 6.42 Å². The molecule has 0 spiro atoms. The van der Waals surface area contributed by atoms with E-state index in [0.29, 0.717) is 43.5 Å². The third-order valence-corrected chi connectivity index (χ3v) is 5.21. The first-order valence-electron chi connectivity index (χ1n) is 9.85. The maximum atomic E-state index is 13.6. The normalized spacial score (nSPS) is 17.7. The van der Waals surface area contributed by atoms with Crippen LogP contribution in [0.2, 0.25) is 0 Å². The van der Waals surface area contributed by atoms with Gasteiger partial charge in [-0.2, -0.15) is 0 Å². The van der Waals surface area contributed by atoms with Crippen molar-refractivity contribution in [3.05, 3.63) is 48.3 Å². The number of hydrogen-bond donors (Lipinski definition) is 0. The summed E-state index contributed by atoms with van der Waals surface area (Å²) in [6.45, 7) is 1.72. The zero-order valence-electron chi connectivity index (χ0n) is 16.7. The summed E-state index contributed by atoms with van der Waals surface area (Å²) >= 11 is 0. The van der Waals surface area contributed by atoms with Crippen LogP contribution in [0.25, 0.3) is 0 Å². The van der Waals surface area contributed by atoms with E-state index >= 15 is 0 Å². The fourth-order valence-electron chi connectivity index (χ4n) is 3.60. The molecule has 2 heterocycles. The van der Waals surface area contributed by atoms with Crippen molar-refractivity contribution in [3.8, 4) is 17.2 Å². The van der Waals surface area contributed by atoms with Gasteiger partial charge in [0.05, 0.1) is 12.5 Å². The number of rotatable bonds is 6. The molecule has 0 aliphatic carbocycles. The van der Waals surface area contributed by atoms with Crippen LogP contribution in [0.3, 0.4) is 0 Å². The molecule has 0 N–H and O–H groups in total. The van der Waals surface area contributed by atoms with Gasteiger partial charge in [0, 0.05) is 31.8 Å². The molecule has 0 aromatic heterocycles. The Labute approximate surface area is 173 Å². The van der Waals surface area contributed by atoms with Crippen molar-refractivity contribution in [3.63, 3.8) is 0 Å². The summed E-state index contributed by atoms with van der Waals surface area (Å²) in [6, 6.07) is 11.5. The standard InChI is InChI=1S/C22H23FN2O5/c1-24(8-9-28-18-5-3-2-4-17(18)23)22(27)15-12-21(26)25(14-15)16-6-7-19-20(13-16)30-11-10-29-19/h2-7,13,15H,8-12,14H2,1H3. The molecule has 2 aromatic rings. The van der Waals surface area contributed by atoms with E-state index in [1.807, 2.05) is 0 Å². The van der Waals surface area contributed by atoms with Crippen LogP contribution in [-0.4, -0.2) is 56.7 Å². The maximum absolute atomic E-state index is 13.6. The van der Waals surface area contributed by atoms with Gasteiger partial charge in [-0.25, -0.2) is 4.39 Å². The van der Waals surface area contributed by atoms with E-state index in [1.54, 1.807) is 42.3 Å². The van der Waals surface area contributed by atoms with E-state index < -0.39 is 11.7 Å². The predicted molar refractivity (Wildman–Crippen MR) is 107 cm³/mol. The molecule has 7 nitrogen and oxygen atoms in total. The van der Waals surface area contributed by atoms with Crippen molar-refractivity contribution in [1.82, 2.24) is 4.90 Å². The molecule has 2 amide bonds. The number of nitrogens with zero attached hydrogens (tertiary/aromatic N) is 2. The van der Waals surface area contributed by atoms with E-state index in [1.165, 1.54) is 17.0 Å². The minimum atomic E-state index is -0.442. The van der Waals surface area contributed by atoms with Gasteiger partial charge >= 0.3 is 0 Å². The third kappa shape index (κ3) is 4.17.